The van der Waals surface area contributed by atoms with Crippen molar-refractivity contribution < 1.29 is 4.79 Å². The molecule has 2 N–H and O–H groups in total. The fourth-order valence-corrected chi connectivity index (χ4v) is 2.26. The number of halogens is 1. The van der Waals surface area contributed by atoms with E-state index in [1.807, 2.05) is 32.9 Å². The molecular formula is C11H17ClN2OS. The molecule has 90 valence electrons. The maximum absolute atomic E-state index is 11.6. The van der Waals surface area contributed by atoms with Gasteiger partial charge in [-0.05, 0) is 32.4 Å². The van der Waals surface area contributed by atoms with Crippen LogP contribution in [0.4, 0.5) is 4.79 Å². The molecule has 2 unspecified atom stereocenters. The topological polar surface area (TPSA) is 41.1 Å². The van der Waals surface area contributed by atoms with Crippen LogP contribution in [0.2, 0.25) is 4.34 Å². The van der Waals surface area contributed by atoms with Crippen LogP contribution in [-0.4, -0.2) is 12.1 Å². The largest absolute Gasteiger partial charge is 0.336 e. The summed E-state index contributed by atoms with van der Waals surface area (Å²) in [5, 5.41) is 5.74. The van der Waals surface area contributed by atoms with E-state index >= 15 is 0 Å². The molecule has 16 heavy (non-hydrogen) atoms. The van der Waals surface area contributed by atoms with Gasteiger partial charge >= 0.3 is 6.03 Å². The van der Waals surface area contributed by atoms with Gasteiger partial charge in [0.1, 0.15) is 0 Å². The molecule has 1 heterocycles. The first-order chi connectivity index (χ1) is 7.52. The fourth-order valence-electron chi connectivity index (χ4n) is 1.20. The van der Waals surface area contributed by atoms with Crippen LogP contribution in [0.25, 0.3) is 0 Å². The number of carbonyl (C=O) groups excluding carboxylic acids is 1. The van der Waals surface area contributed by atoms with Crippen LogP contribution in [0.15, 0.2) is 12.1 Å². The number of thiophene rings is 1. The SMILES string of the molecule is CCC(C)NC(=O)NC(C)c1ccc(Cl)s1. The molecule has 1 aromatic heterocycles. The van der Waals surface area contributed by atoms with Crippen molar-refractivity contribution in [3.63, 3.8) is 0 Å². The van der Waals surface area contributed by atoms with Gasteiger partial charge in [-0.15, -0.1) is 11.3 Å². The summed E-state index contributed by atoms with van der Waals surface area (Å²) in [6.45, 7) is 5.96. The Morgan fingerprint density at radius 2 is 2.12 bits per heavy atom. The molecule has 0 fully saturated rings. The maximum Gasteiger partial charge on any atom is 0.315 e. The van der Waals surface area contributed by atoms with Crippen LogP contribution in [0, 0.1) is 0 Å². The van der Waals surface area contributed by atoms with Crippen LogP contribution >= 0.6 is 22.9 Å². The second kappa shape index (κ2) is 6.11. The molecular weight excluding hydrogens is 244 g/mol. The lowest BCUT2D eigenvalue weighted by Gasteiger charge is -2.16. The standard InChI is InChI=1S/C11H17ClN2OS/c1-4-7(2)13-11(15)14-8(3)9-5-6-10(12)16-9/h5-8H,4H2,1-3H3,(H2,13,14,15). The van der Waals surface area contributed by atoms with E-state index in [-0.39, 0.29) is 18.1 Å². The van der Waals surface area contributed by atoms with Crippen LogP contribution in [0.3, 0.4) is 0 Å². The van der Waals surface area contributed by atoms with Crippen molar-refractivity contribution >= 4 is 29.0 Å². The van der Waals surface area contributed by atoms with E-state index in [2.05, 4.69) is 10.6 Å². The Kier molecular flexibility index (Phi) is 5.09. The van der Waals surface area contributed by atoms with Crippen molar-refractivity contribution in [1.82, 2.24) is 10.6 Å². The molecule has 0 saturated heterocycles. The third-order valence-corrected chi connectivity index (χ3v) is 3.77. The normalized spacial score (nSPS) is 14.2. The predicted molar refractivity (Wildman–Crippen MR) is 69.2 cm³/mol. The van der Waals surface area contributed by atoms with Gasteiger partial charge in [0.05, 0.1) is 10.4 Å². The zero-order chi connectivity index (χ0) is 12.1. The van der Waals surface area contributed by atoms with E-state index in [0.717, 1.165) is 15.6 Å². The monoisotopic (exact) mass is 260 g/mol. The van der Waals surface area contributed by atoms with Crippen molar-refractivity contribution in [2.24, 2.45) is 0 Å². The summed E-state index contributed by atoms with van der Waals surface area (Å²) >= 11 is 7.32. The molecule has 0 radical (unpaired) electrons. The average molecular weight is 261 g/mol. The van der Waals surface area contributed by atoms with Gasteiger partial charge in [-0.3, -0.25) is 0 Å². The molecule has 2 amide bonds. The number of hydrogen-bond acceptors (Lipinski definition) is 2. The molecule has 0 bridgehead atoms. The second-order valence-electron chi connectivity index (χ2n) is 3.79. The van der Waals surface area contributed by atoms with Gasteiger partial charge in [-0.2, -0.15) is 0 Å². The lowest BCUT2D eigenvalue weighted by atomic mass is 10.2. The number of rotatable bonds is 4. The number of hydrogen-bond donors (Lipinski definition) is 2. The smallest absolute Gasteiger partial charge is 0.315 e. The van der Waals surface area contributed by atoms with Crippen LogP contribution < -0.4 is 10.6 Å². The van der Waals surface area contributed by atoms with E-state index in [0.29, 0.717) is 0 Å². The van der Waals surface area contributed by atoms with Gasteiger partial charge < -0.3 is 10.6 Å². The number of amides is 2. The highest BCUT2D eigenvalue weighted by Crippen LogP contribution is 2.26. The van der Waals surface area contributed by atoms with Crippen molar-refractivity contribution in [3.05, 3.63) is 21.3 Å². The summed E-state index contributed by atoms with van der Waals surface area (Å²) in [5.41, 5.74) is 0. The summed E-state index contributed by atoms with van der Waals surface area (Å²) < 4.78 is 0.742. The second-order valence-corrected chi connectivity index (χ2v) is 5.54. The fraction of sp³-hybridized carbons (Fsp3) is 0.545. The molecule has 3 nitrogen and oxygen atoms in total. The number of urea groups is 1. The quantitative estimate of drug-likeness (QED) is 0.854. The van der Waals surface area contributed by atoms with Gasteiger partial charge in [0.2, 0.25) is 0 Å². The highest BCUT2D eigenvalue weighted by molar-refractivity contribution is 7.16. The molecule has 1 aromatic rings. The van der Waals surface area contributed by atoms with E-state index in [9.17, 15) is 4.79 Å². The van der Waals surface area contributed by atoms with Gasteiger partial charge in [0.25, 0.3) is 0 Å². The zero-order valence-electron chi connectivity index (χ0n) is 9.71. The van der Waals surface area contributed by atoms with Crippen LogP contribution in [0.1, 0.15) is 38.1 Å². The summed E-state index contributed by atoms with van der Waals surface area (Å²) in [4.78, 5) is 12.6. The van der Waals surface area contributed by atoms with Gasteiger partial charge in [-0.1, -0.05) is 18.5 Å². The van der Waals surface area contributed by atoms with Crippen molar-refractivity contribution in [1.29, 1.82) is 0 Å². The molecule has 0 aromatic carbocycles. The summed E-state index contributed by atoms with van der Waals surface area (Å²) in [7, 11) is 0. The molecule has 5 heteroatoms. The minimum Gasteiger partial charge on any atom is -0.336 e. The summed E-state index contributed by atoms with van der Waals surface area (Å²) in [6, 6.07) is 3.82. The van der Waals surface area contributed by atoms with Crippen molar-refractivity contribution in [2.75, 3.05) is 0 Å². The molecule has 0 saturated carbocycles. The Hall–Kier alpha value is -0.740. The molecule has 0 spiro atoms. The highest BCUT2D eigenvalue weighted by Gasteiger charge is 2.12. The Morgan fingerprint density at radius 3 is 2.62 bits per heavy atom. The lowest BCUT2D eigenvalue weighted by molar-refractivity contribution is 0.234. The highest BCUT2D eigenvalue weighted by atomic mass is 35.5. The number of carbonyl (C=O) groups is 1. The lowest BCUT2D eigenvalue weighted by Crippen LogP contribution is -2.41. The molecule has 2 atom stereocenters. The van der Waals surface area contributed by atoms with Crippen LogP contribution in [0.5, 0.6) is 0 Å². The van der Waals surface area contributed by atoms with E-state index in [1.165, 1.54) is 11.3 Å². The third-order valence-electron chi connectivity index (χ3n) is 2.36. The van der Waals surface area contributed by atoms with Crippen molar-refractivity contribution in [2.45, 2.75) is 39.3 Å². The van der Waals surface area contributed by atoms with E-state index in [1.54, 1.807) is 0 Å². The van der Waals surface area contributed by atoms with E-state index < -0.39 is 0 Å². The minimum atomic E-state index is -0.133. The van der Waals surface area contributed by atoms with Crippen LogP contribution in [-0.2, 0) is 0 Å². The Balaban J connectivity index is 2.45. The molecule has 0 aliphatic heterocycles. The summed E-state index contributed by atoms with van der Waals surface area (Å²) in [6.07, 6.45) is 0.923. The molecule has 0 aliphatic carbocycles. The maximum atomic E-state index is 11.6. The number of nitrogens with one attached hydrogen (secondary N) is 2. The Morgan fingerprint density at radius 1 is 1.44 bits per heavy atom. The first-order valence-electron chi connectivity index (χ1n) is 5.35. The Labute approximate surface area is 105 Å². The zero-order valence-corrected chi connectivity index (χ0v) is 11.3. The molecule has 1 rings (SSSR count). The van der Waals surface area contributed by atoms with Gasteiger partial charge in [0, 0.05) is 10.9 Å². The van der Waals surface area contributed by atoms with Gasteiger partial charge in [-0.25, -0.2) is 4.79 Å². The minimum absolute atomic E-state index is 0.0124. The van der Waals surface area contributed by atoms with E-state index in [4.69, 9.17) is 11.6 Å². The Bertz CT molecular complexity index is 354. The first-order valence-corrected chi connectivity index (χ1v) is 6.54. The molecule has 0 aliphatic rings. The van der Waals surface area contributed by atoms with Crippen molar-refractivity contribution in [3.8, 4) is 0 Å². The first kappa shape index (κ1) is 13.3. The van der Waals surface area contributed by atoms with Gasteiger partial charge in [0.15, 0.2) is 0 Å². The average Bonchev–Trinajstić information content (AvgIpc) is 2.64. The predicted octanol–water partition coefficient (Wildman–Crippen LogP) is 3.56. The third kappa shape index (κ3) is 4.02. The summed E-state index contributed by atoms with van der Waals surface area (Å²) in [5.74, 6) is 0.